The van der Waals surface area contributed by atoms with Crippen molar-refractivity contribution >= 4 is 69.6 Å². The van der Waals surface area contributed by atoms with Gasteiger partial charge in [-0.2, -0.15) is 0 Å². The van der Waals surface area contributed by atoms with Crippen molar-refractivity contribution in [2.24, 2.45) is 0 Å². The van der Waals surface area contributed by atoms with Crippen LogP contribution in [0.2, 0.25) is 30.1 Å². The molecule has 2 nitrogen and oxygen atoms in total. The molecule has 0 radical (unpaired) electrons. The second-order valence-corrected chi connectivity index (χ2v) is 6.01. The van der Waals surface area contributed by atoms with Crippen molar-refractivity contribution in [2.75, 3.05) is 0 Å². The highest BCUT2D eigenvalue weighted by Crippen LogP contribution is 2.52. The summed E-state index contributed by atoms with van der Waals surface area (Å²) in [5, 5.41) is 18.9. The van der Waals surface area contributed by atoms with Crippen LogP contribution >= 0.6 is 69.6 Å². The van der Waals surface area contributed by atoms with Gasteiger partial charge < -0.3 is 10.2 Å². The van der Waals surface area contributed by atoms with Crippen molar-refractivity contribution in [3.8, 4) is 22.6 Å². The molecule has 0 heterocycles. The Morgan fingerprint density at radius 2 is 1.20 bits per heavy atom. The van der Waals surface area contributed by atoms with Gasteiger partial charge in [-0.05, 0) is 12.1 Å². The van der Waals surface area contributed by atoms with Gasteiger partial charge in [0.25, 0.3) is 0 Å². The molecule has 8 heteroatoms. The van der Waals surface area contributed by atoms with Crippen LogP contribution < -0.4 is 0 Å². The van der Waals surface area contributed by atoms with Gasteiger partial charge in [0.2, 0.25) is 0 Å². The zero-order valence-corrected chi connectivity index (χ0v) is 13.9. The molecule has 2 aromatic rings. The molecule has 2 aromatic carbocycles. The lowest BCUT2D eigenvalue weighted by Crippen LogP contribution is -1.88. The molecule has 0 aliphatic rings. The molecular weight excluding hydrogens is 389 g/mol. The summed E-state index contributed by atoms with van der Waals surface area (Å²) in [6.45, 7) is 0. The molecule has 0 aliphatic heterocycles. The highest BCUT2D eigenvalue weighted by molar-refractivity contribution is 6.53. The van der Waals surface area contributed by atoms with Crippen molar-refractivity contribution in [3.05, 3.63) is 42.3 Å². The number of phenols is 2. The molecule has 0 saturated heterocycles. The van der Waals surface area contributed by atoms with Crippen LogP contribution in [0.4, 0.5) is 0 Å². The van der Waals surface area contributed by atoms with Gasteiger partial charge in [0.1, 0.15) is 15.8 Å². The molecule has 0 aromatic heterocycles. The fourth-order valence-corrected chi connectivity index (χ4v) is 3.11. The predicted molar refractivity (Wildman–Crippen MR) is 85.3 cm³/mol. The van der Waals surface area contributed by atoms with Crippen molar-refractivity contribution in [1.29, 1.82) is 0 Å². The molecule has 0 atom stereocenters. The van der Waals surface area contributed by atoms with E-state index in [1.807, 2.05) is 0 Å². The molecule has 0 unspecified atom stereocenters. The number of phenolic OH excluding ortho intramolecular Hbond substituents is 2. The summed E-state index contributed by atoms with van der Waals surface area (Å²) in [7, 11) is 0. The Bertz CT molecular complexity index is 685. The second kappa shape index (κ2) is 5.88. The number of aromatic hydroxyl groups is 2. The van der Waals surface area contributed by atoms with Crippen LogP contribution in [0, 0.1) is 0 Å². The lowest BCUT2D eigenvalue weighted by molar-refractivity contribution is 0.475. The molecule has 0 bridgehead atoms. The predicted octanol–water partition coefficient (Wildman–Crippen LogP) is 6.69. The zero-order valence-electron chi connectivity index (χ0n) is 9.32. The minimum absolute atomic E-state index is 0.0168. The van der Waals surface area contributed by atoms with Crippen LogP contribution in [-0.2, 0) is 0 Å². The van der Waals surface area contributed by atoms with E-state index in [0.717, 1.165) is 0 Å². The molecule has 0 saturated carbocycles. The van der Waals surface area contributed by atoms with E-state index in [1.165, 1.54) is 12.1 Å². The number of hydrogen-bond donors (Lipinski definition) is 2. The van der Waals surface area contributed by atoms with Gasteiger partial charge in [0, 0.05) is 11.1 Å². The van der Waals surface area contributed by atoms with Crippen molar-refractivity contribution in [3.63, 3.8) is 0 Å². The first-order valence-electron chi connectivity index (χ1n) is 4.99. The maximum absolute atomic E-state index is 9.84. The summed E-state index contributed by atoms with van der Waals surface area (Å²) >= 11 is 35.8. The van der Waals surface area contributed by atoms with E-state index in [0.29, 0.717) is 5.56 Å². The van der Waals surface area contributed by atoms with E-state index in [-0.39, 0.29) is 41.4 Å². The summed E-state index contributed by atoms with van der Waals surface area (Å²) in [6.07, 6.45) is 0. The van der Waals surface area contributed by atoms with E-state index in [1.54, 1.807) is 0 Å². The molecule has 2 N–H and O–H groups in total. The molecule has 0 amide bonds. The van der Waals surface area contributed by atoms with Crippen LogP contribution in [0.3, 0.4) is 0 Å². The lowest BCUT2D eigenvalue weighted by Gasteiger charge is -2.14. The average molecular weight is 393 g/mol. The van der Waals surface area contributed by atoms with Crippen LogP contribution in [0.5, 0.6) is 11.5 Å². The van der Waals surface area contributed by atoms with E-state index >= 15 is 0 Å². The third kappa shape index (κ3) is 2.50. The van der Waals surface area contributed by atoms with E-state index in [2.05, 4.69) is 0 Å². The first-order chi connectivity index (χ1) is 9.27. The highest BCUT2D eigenvalue weighted by Gasteiger charge is 2.23. The molecule has 2 rings (SSSR count). The maximum Gasteiger partial charge on any atom is 0.155 e. The quantitative estimate of drug-likeness (QED) is 0.419. The van der Waals surface area contributed by atoms with Crippen LogP contribution in [0.15, 0.2) is 12.1 Å². The first-order valence-corrected chi connectivity index (χ1v) is 7.26. The maximum atomic E-state index is 9.84. The van der Waals surface area contributed by atoms with Crippen LogP contribution in [0.25, 0.3) is 11.1 Å². The summed E-state index contributed by atoms with van der Waals surface area (Å²) in [5.41, 5.74) is 0.477. The number of halogens is 6. The minimum atomic E-state index is -0.419. The molecule has 0 fully saturated rings. The monoisotopic (exact) mass is 390 g/mol. The highest BCUT2D eigenvalue weighted by atomic mass is 35.5. The third-order valence-corrected chi connectivity index (χ3v) is 5.13. The Balaban J connectivity index is 2.87. The Morgan fingerprint density at radius 3 is 1.80 bits per heavy atom. The molecule has 0 spiro atoms. The average Bonchev–Trinajstić information content (AvgIpc) is 2.43. The van der Waals surface area contributed by atoms with Crippen LogP contribution in [0.1, 0.15) is 0 Å². The summed E-state index contributed by atoms with van der Waals surface area (Å²) in [6, 6.07) is 2.76. The molecule has 106 valence electrons. The zero-order chi connectivity index (χ0) is 15.2. The van der Waals surface area contributed by atoms with E-state index in [9.17, 15) is 10.2 Å². The van der Waals surface area contributed by atoms with Gasteiger partial charge >= 0.3 is 0 Å². The van der Waals surface area contributed by atoms with Gasteiger partial charge in [-0.15, -0.1) is 0 Å². The Hall–Kier alpha value is -0.220. The van der Waals surface area contributed by atoms with Gasteiger partial charge in [-0.3, -0.25) is 0 Å². The van der Waals surface area contributed by atoms with Gasteiger partial charge in [0.15, 0.2) is 5.75 Å². The fourth-order valence-electron chi connectivity index (χ4n) is 1.59. The lowest BCUT2D eigenvalue weighted by atomic mass is 10.0. The van der Waals surface area contributed by atoms with Crippen LogP contribution in [-0.4, -0.2) is 10.2 Å². The van der Waals surface area contributed by atoms with Gasteiger partial charge in [0.05, 0.1) is 20.1 Å². The summed E-state index contributed by atoms with van der Waals surface area (Å²) in [5.74, 6) is -0.616. The standard InChI is InChI=1S/C12H4Cl6O2/c13-6-3(1-2-4(19)7(6)14)5-8(15)10(17)11(18)12(20)9(5)16/h1-2,19-20H. The topological polar surface area (TPSA) is 40.5 Å². The Labute approximate surface area is 144 Å². The molecule has 0 aliphatic carbocycles. The van der Waals surface area contributed by atoms with Gasteiger partial charge in [-0.25, -0.2) is 0 Å². The number of rotatable bonds is 1. The normalized spacial score (nSPS) is 10.9. The van der Waals surface area contributed by atoms with E-state index in [4.69, 9.17) is 69.6 Å². The smallest absolute Gasteiger partial charge is 0.155 e. The molecular formula is C12H4Cl6O2. The van der Waals surface area contributed by atoms with Crippen molar-refractivity contribution in [1.82, 2.24) is 0 Å². The first kappa shape index (κ1) is 16.2. The Morgan fingerprint density at radius 1 is 0.600 bits per heavy atom. The largest absolute Gasteiger partial charge is 0.506 e. The second-order valence-electron chi connectivity index (χ2n) is 3.74. The summed E-state index contributed by atoms with van der Waals surface area (Å²) in [4.78, 5) is 0. The SMILES string of the molecule is Oc1ccc(-c2c(Cl)c(O)c(Cl)c(Cl)c2Cl)c(Cl)c1Cl. The number of hydrogen-bond acceptors (Lipinski definition) is 2. The molecule has 20 heavy (non-hydrogen) atoms. The Kier molecular flexibility index (Phi) is 4.75. The third-order valence-electron chi connectivity index (χ3n) is 2.57. The minimum Gasteiger partial charge on any atom is -0.506 e. The summed E-state index contributed by atoms with van der Waals surface area (Å²) < 4.78 is 0. The van der Waals surface area contributed by atoms with Crippen molar-refractivity contribution < 1.29 is 10.2 Å². The van der Waals surface area contributed by atoms with Gasteiger partial charge in [-0.1, -0.05) is 69.6 Å². The number of benzene rings is 2. The fraction of sp³-hybridized carbons (Fsp3) is 0. The van der Waals surface area contributed by atoms with E-state index < -0.39 is 5.75 Å². The van der Waals surface area contributed by atoms with Crippen molar-refractivity contribution in [2.45, 2.75) is 0 Å².